The van der Waals surface area contributed by atoms with Gasteiger partial charge in [0.2, 0.25) is 10.0 Å². The number of hydrazine groups is 1. The highest BCUT2D eigenvalue weighted by atomic mass is 32.2. The van der Waals surface area contributed by atoms with Crippen LogP contribution in [0.2, 0.25) is 0 Å². The van der Waals surface area contributed by atoms with Gasteiger partial charge in [-0.3, -0.25) is 20.0 Å². The van der Waals surface area contributed by atoms with Crippen molar-refractivity contribution in [1.82, 2.24) is 20.1 Å². The Morgan fingerprint density at radius 2 is 1.74 bits per heavy atom. The van der Waals surface area contributed by atoms with Crippen LogP contribution in [0.3, 0.4) is 0 Å². The van der Waals surface area contributed by atoms with Crippen LogP contribution in [0, 0.1) is 0 Å². The molecule has 9 nitrogen and oxygen atoms in total. The van der Waals surface area contributed by atoms with E-state index in [9.17, 15) is 18.0 Å². The molecule has 2 aromatic rings. The van der Waals surface area contributed by atoms with Crippen LogP contribution in [0.1, 0.15) is 20.8 Å². The van der Waals surface area contributed by atoms with E-state index < -0.39 is 21.8 Å². The maximum absolute atomic E-state index is 11.7. The molecule has 4 N–H and O–H groups in total. The first-order chi connectivity index (χ1) is 10.8. The first-order valence-electron chi connectivity index (χ1n) is 6.25. The summed E-state index contributed by atoms with van der Waals surface area (Å²) in [6.07, 6.45) is 3.60. The van der Waals surface area contributed by atoms with Crippen LogP contribution in [0.25, 0.3) is 11.3 Å². The number of amides is 2. The molecular weight excluding hydrogens is 322 g/mol. The van der Waals surface area contributed by atoms with E-state index >= 15 is 0 Å². The lowest BCUT2D eigenvalue weighted by molar-refractivity contribution is 0.0946. The van der Waals surface area contributed by atoms with Gasteiger partial charge in [0.25, 0.3) is 11.8 Å². The van der Waals surface area contributed by atoms with Gasteiger partial charge in [-0.15, -0.1) is 0 Å². The van der Waals surface area contributed by atoms with Crippen molar-refractivity contribution < 1.29 is 18.0 Å². The number of rotatable bonds is 4. The van der Waals surface area contributed by atoms with Crippen molar-refractivity contribution in [2.24, 2.45) is 5.84 Å². The predicted molar refractivity (Wildman–Crippen MR) is 81.4 cm³/mol. The molecule has 2 amide bonds. The summed E-state index contributed by atoms with van der Waals surface area (Å²) >= 11 is 0. The normalized spacial score (nSPS) is 10.9. The van der Waals surface area contributed by atoms with E-state index in [1.54, 1.807) is 12.1 Å². The third-order valence-electron chi connectivity index (χ3n) is 2.72. The fourth-order valence-electron chi connectivity index (χ4n) is 1.71. The Balaban J connectivity index is 2.26. The van der Waals surface area contributed by atoms with Crippen LogP contribution in [-0.2, 0) is 10.0 Å². The fourth-order valence-corrected chi connectivity index (χ4v) is 2.16. The van der Waals surface area contributed by atoms with E-state index in [-0.39, 0.29) is 11.3 Å². The van der Waals surface area contributed by atoms with Gasteiger partial charge < -0.3 is 0 Å². The zero-order chi connectivity index (χ0) is 17.0. The largest absolute Gasteiger partial charge is 0.289 e. The van der Waals surface area contributed by atoms with Gasteiger partial charge in [-0.05, 0) is 12.1 Å². The molecule has 23 heavy (non-hydrogen) atoms. The highest BCUT2D eigenvalue weighted by Crippen LogP contribution is 2.17. The zero-order valence-electron chi connectivity index (χ0n) is 12.0. The maximum atomic E-state index is 11.7. The number of hydrogen-bond acceptors (Lipinski definition) is 7. The molecule has 0 atom stereocenters. The number of aromatic nitrogens is 2. The number of benzene rings is 1. The summed E-state index contributed by atoms with van der Waals surface area (Å²) in [5, 5.41) is 0. The number of nitrogens with one attached hydrogen (secondary N) is 2. The minimum atomic E-state index is -3.63. The smallest absolute Gasteiger partial charge is 0.285 e. The van der Waals surface area contributed by atoms with Crippen LogP contribution >= 0.6 is 0 Å². The number of sulfonamides is 1. The number of nitrogens with zero attached hydrogens (tertiary/aromatic N) is 2. The molecule has 0 saturated heterocycles. The Kier molecular flexibility index (Phi) is 4.67. The van der Waals surface area contributed by atoms with E-state index in [2.05, 4.69) is 9.97 Å². The van der Waals surface area contributed by atoms with Crippen molar-refractivity contribution in [3.8, 4) is 11.3 Å². The van der Waals surface area contributed by atoms with Gasteiger partial charge in [0.05, 0.1) is 24.3 Å². The summed E-state index contributed by atoms with van der Waals surface area (Å²) in [6.45, 7) is 0. The van der Waals surface area contributed by atoms with Gasteiger partial charge >= 0.3 is 0 Å². The molecule has 0 spiro atoms. The highest BCUT2D eigenvalue weighted by Gasteiger charge is 2.12. The first-order valence-corrected chi connectivity index (χ1v) is 8.15. The molecule has 0 fully saturated rings. The van der Waals surface area contributed by atoms with Gasteiger partial charge in [0.15, 0.2) is 0 Å². The molecule has 2 rings (SSSR count). The number of carbonyl (C=O) groups is 2. The molecule has 0 aliphatic carbocycles. The van der Waals surface area contributed by atoms with Gasteiger partial charge in [0, 0.05) is 11.1 Å². The lowest BCUT2D eigenvalue weighted by Crippen LogP contribution is -2.30. The molecule has 0 radical (unpaired) electrons. The van der Waals surface area contributed by atoms with Crippen LogP contribution in [0.15, 0.2) is 36.7 Å². The second-order valence-corrected chi connectivity index (χ2v) is 6.29. The Labute approximate surface area is 132 Å². The van der Waals surface area contributed by atoms with Crippen molar-refractivity contribution in [1.29, 1.82) is 0 Å². The summed E-state index contributed by atoms with van der Waals surface area (Å²) < 4.78 is 23.9. The Morgan fingerprint density at radius 1 is 1.09 bits per heavy atom. The van der Waals surface area contributed by atoms with E-state index in [1.165, 1.54) is 24.5 Å². The van der Waals surface area contributed by atoms with E-state index in [1.807, 2.05) is 10.1 Å². The third kappa shape index (κ3) is 4.31. The third-order valence-corrected chi connectivity index (χ3v) is 3.28. The van der Waals surface area contributed by atoms with Crippen molar-refractivity contribution in [3.05, 3.63) is 47.9 Å². The van der Waals surface area contributed by atoms with Gasteiger partial charge in [0.1, 0.15) is 5.69 Å². The molecule has 120 valence electrons. The van der Waals surface area contributed by atoms with Gasteiger partial charge in [-0.2, -0.15) is 0 Å². The Bertz CT molecular complexity index is 849. The molecular formula is C13H13N5O4S. The molecule has 0 unspecified atom stereocenters. The fraction of sp³-hybridized carbons (Fsp3) is 0.0769. The van der Waals surface area contributed by atoms with E-state index in [4.69, 9.17) is 5.84 Å². The number of nitrogens with two attached hydrogens (primary N) is 1. The van der Waals surface area contributed by atoms with Crippen molar-refractivity contribution in [2.75, 3.05) is 6.26 Å². The number of nitrogen functional groups attached to an aromatic ring is 1. The summed E-state index contributed by atoms with van der Waals surface area (Å²) in [7, 11) is -3.63. The number of carbonyl (C=O) groups excluding carboxylic acids is 2. The SMILES string of the molecule is CS(=O)(=O)NC(=O)c1ccc(-c2cncc(C(=O)NN)n2)cc1. The molecule has 1 aromatic carbocycles. The molecule has 1 heterocycles. The molecule has 10 heteroatoms. The Hall–Kier alpha value is -2.85. The van der Waals surface area contributed by atoms with Crippen LogP contribution in [0.4, 0.5) is 0 Å². The molecule has 0 bridgehead atoms. The minimum Gasteiger partial charge on any atom is -0.289 e. The highest BCUT2D eigenvalue weighted by molar-refractivity contribution is 7.89. The predicted octanol–water partition coefficient (Wildman–Crippen LogP) is -0.563. The monoisotopic (exact) mass is 335 g/mol. The number of hydrogen-bond donors (Lipinski definition) is 3. The van der Waals surface area contributed by atoms with Crippen molar-refractivity contribution in [3.63, 3.8) is 0 Å². The molecule has 0 aliphatic rings. The average molecular weight is 335 g/mol. The lowest BCUT2D eigenvalue weighted by atomic mass is 10.1. The molecule has 0 saturated carbocycles. The first kappa shape index (κ1) is 16.5. The standard InChI is InChI=1S/C13H13N5O4S/c1-23(21,22)18-12(19)9-4-2-8(3-5-9)10-6-15-7-11(16-10)13(20)17-14/h2-7H,14H2,1H3,(H,17,20)(H,18,19). The van der Waals surface area contributed by atoms with Crippen molar-refractivity contribution in [2.45, 2.75) is 0 Å². The maximum Gasteiger partial charge on any atom is 0.285 e. The molecule has 0 aliphatic heterocycles. The van der Waals surface area contributed by atoms with Gasteiger partial charge in [-0.25, -0.2) is 24.0 Å². The van der Waals surface area contributed by atoms with Crippen LogP contribution in [-0.4, -0.2) is 36.5 Å². The molecule has 1 aromatic heterocycles. The van der Waals surface area contributed by atoms with Crippen molar-refractivity contribution >= 4 is 21.8 Å². The van der Waals surface area contributed by atoms with Gasteiger partial charge in [-0.1, -0.05) is 12.1 Å². The van der Waals surface area contributed by atoms with Crippen LogP contribution in [0.5, 0.6) is 0 Å². The van der Waals surface area contributed by atoms with E-state index in [0.29, 0.717) is 11.3 Å². The average Bonchev–Trinajstić information content (AvgIpc) is 2.53. The summed E-state index contributed by atoms with van der Waals surface area (Å²) in [5.74, 6) is 3.72. The minimum absolute atomic E-state index is 0.0453. The topological polar surface area (TPSA) is 144 Å². The quantitative estimate of drug-likeness (QED) is 0.386. The second-order valence-electron chi connectivity index (χ2n) is 4.54. The van der Waals surface area contributed by atoms with Crippen LogP contribution < -0.4 is 16.0 Å². The second kappa shape index (κ2) is 6.50. The summed E-state index contributed by atoms with van der Waals surface area (Å²) in [4.78, 5) is 31.1. The van der Waals surface area contributed by atoms with E-state index in [0.717, 1.165) is 6.26 Å². The zero-order valence-corrected chi connectivity index (χ0v) is 12.8. The summed E-state index contributed by atoms with van der Waals surface area (Å²) in [6, 6.07) is 6.00. The Morgan fingerprint density at radius 3 is 2.30 bits per heavy atom. The lowest BCUT2D eigenvalue weighted by Gasteiger charge is -2.05. The summed E-state index contributed by atoms with van der Waals surface area (Å²) in [5.41, 5.74) is 3.17.